The van der Waals surface area contributed by atoms with Crippen LogP contribution in [0.1, 0.15) is 40.0 Å². The van der Waals surface area contributed by atoms with E-state index < -0.39 is 0 Å². The molecule has 4 nitrogen and oxygen atoms in total. The van der Waals surface area contributed by atoms with Gasteiger partial charge in [0.2, 0.25) is 0 Å². The van der Waals surface area contributed by atoms with E-state index in [2.05, 4.69) is 18.7 Å². The number of carbonyl (C=O) groups excluding carboxylic acids is 1. The van der Waals surface area contributed by atoms with E-state index in [1.54, 1.807) is 0 Å². The van der Waals surface area contributed by atoms with Gasteiger partial charge in [-0.3, -0.25) is 4.90 Å². The molecule has 4 heteroatoms. The molecule has 0 spiro atoms. The summed E-state index contributed by atoms with van der Waals surface area (Å²) < 4.78 is 5.48. The van der Waals surface area contributed by atoms with E-state index in [4.69, 9.17) is 4.74 Å². The average molecular weight is 254 g/mol. The topological polar surface area (TPSA) is 32.8 Å². The minimum atomic E-state index is -0.126. The molecule has 2 rings (SSSR count). The third-order valence-corrected chi connectivity index (χ3v) is 3.74. The summed E-state index contributed by atoms with van der Waals surface area (Å²) in [7, 11) is 0. The molecule has 0 aromatic heterocycles. The molecule has 0 unspecified atom stereocenters. The van der Waals surface area contributed by atoms with Crippen molar-refractivity contribution < 1.29 is 9.53 Å². The summed E-state index contributed by atoms with van der Waals surface area (Å²) in [4.78, 5) is 16.3. The Labute approximate surface area is 110 Å². The van der Waals surface area contributed by atoms with Crippen LogP contribution in [0.15, 0.2) is 0 Å². The maximum Gasteiger partial charge on any atom is 0.410 e. The first-order valence-electron chi connectivity index (χ1n) is 7.26. The zero-order chi connectivity index (χ0) is 13.1. The Balaban J connectivity index is 1.69. The van der Waals surface area contributed by atoms with Gasteiger partial charge in [-0.25, -0.2) is 4.79 Å². The fourth-order valence-corrected chi connectivity index (χ4v) is 2.67. The summed E-state index contributed by atoms with van der Waals surface area (Å²) in [5.74, 6) is 0.569. The molecule has 104 valence electrons. The van der Waals surface area contributed by atoms with Crippen LogP contribution >= 0.6 is 0 Å². The van der Waals surface area contributed by atoms with Crippen molar-refractivity contribution in [3.63, 3.8) is 0 Å². The maximum atomic E-state index is 12.0. The predicted molar refractivity (Wildman–Crippen MR) is 71.6 cm³/mol. The third kappa shape index (κ3) is 3.87. The SMILES string of the molecule is CC(C)C[C@H](C)OC(=O)N1CCN(C2CC2)CC1. The molecule has 0 aromatic rings. The molecule has 1 aliphatic carbocycles. The van der Waals surface area contributed by atoms with Crippen LogP contribution in [-0.4, -0.2) is 54.2 Å². The van der Waals surface area contributed by atoms with Gasteiger partial charge in [0.1, 0.15) is 6.10 Å². The monoisotopic (exact) mass is 254 g/mol. The summed E-state index contributed by atoms with van der Waals surface area (Å²) in [6.07, 6.45) is 3.53. The Kier molecular flexibility index (Phi) is 4.49. The van der Waals surface area contributed by atoms with Crippen molar-refractivity contribution in [1.82, 2.24) is 9.80 Å². The van der Waals surface area contributed by atoms with Crippen LogP contribution in [0.5, 0.6) is 0 Å². The average Bonchev–Trinajstić information content (AvgIpc) is 3.11. The van der Waals surface area contributed by atoms with Gasteiger partial charge in [-0.05, 0) is 32.1 Å². The number of ether oxygens (including phenoxy) is 1. The molecule has 2 aliphatic rings. The molecule has 2 fully saturated rings. The van der Waals surface area contributed by atoms with Crippen molar-refractivity contribution in [1.29, 1.82) is 0 Å². The van der Waals surface area contributed by atoms with Crippen molar-refractivity contribution >= 4 is 6.09 Å². The Bertz CT molecular complexity index is 282. The van der Waals surface area contributed by atoms with E-state index in [1.807, 2.05) is 11.8 Å². The van der Waals surface area contributed by atoms with Gasteiger partial charge in [-0.1, -0.05) is 13.8 Å². The highest BCUT2D eigenvalue weighted by atomic mass is 16.6. The number of carbonyl (C=O) groups is 1. The number of piperazine rings is 1. The van der Waals surface area contributed by atoms with Crippen molar-refractivity contribution in [3.05, 3.63) is 0 Å². The molecule has 18 heavy (non-hydrogen) atoms. The molecular weight excluding hydrogens is 228 g/mol. The van der Waals surface area contributed by atoms with Crippen LogP contribution in [0, 0.1) is 5.92 Å². The van der Waals surface area contributed by atoms with Crippen LogP contribution in [0.25, 0.3) is 0 Å². The Morgan fingerprint density at radius 2 is 1.78 bits per heavy atom. The maximum absolute atomic E-state index is 12.0. The molecule has 0 bridgehead atoms. The summed E-state index contributed by atoms with van der Waals surface area (Å²) in [5.41, 5.74) is 0. The standard InChI is InChI=1S/C14H26N2O2/c1-11(2)10-12(3)18-14(17)16-8-6-15(7-9-16)13-4-5-13/h11-13H,4-10H2,1-3H3/t12-/m0/s1. The molecule has 1 heterocycles. The Morgan fingerprint density at radius 3 is 2.28 bits per heavy atom. The zero-order valence-electron chi connectivity index (χ0n) is 11.9. The van der Waals surface area contributed by atoms with Crippen LogP contribution in [0.3, 0.4) is 0 Å². The second-order valence-corrected chi connectivity index (χ2v) is 6.08. The molecule has 0 radical (unpaired) electrons. The van der Waals surface area contributed by atoms with Gasteiger partial charge in [0.15, 0.2) is 0 Å². The second-order valence-electron chi connectivity index (χ2n) is 6.08. The fourth-order valence-electron chi connectivity index (χ4n) is 2.67. The minimum absolute atomic E-state index is 0.0268. The van der Waals surface area contributed by atoms with Gasteiger partial charge in [-0.2, -0.15) is 0 Å². The Morgan fingerprint density at radius 1 is 1.17 bits per heavy atom. The number of hydrogen-bond acceptors (Lipinski definition) is 3. The van der Waals surface area contributed by atoms with Crippen molar-refractivity contribution in [2.75, 3.05) is 26.2 Å². The molecule has 1 amide bonds. The molecular formula is C14H26N2O2. The van der Waals surface area contributed by atoms with E-state index in [1.165, 1.54) is 12.8 Å². The smallest absolute Gasteiger partial charge is 0.410 e. The molecule has 1 aliphatic heterocycles. The van der Waals surface area contributed by atoms with Gasteiger partial charge in [-0.15, -0.1) is 0 Å². The van der Waals surface area contributed by atoms with E-state index in [0.29, 0.717) is 5.92 Å². The summed E-state index contributed by atoms with van der Waals surface area (Å²) in [6, 6.07) is 0.808. The van der Waals surface area contributed by atoms with Crippen LogP contribution in [-0.2, 0) is 4.74 Å². The first kappa shape index (κ1) is 13.7. The highest BCUT2D eigenvalue weighted by molar-refractivity contribution is 5.67. The second kappa shape index (κ2) is 5.91. The van der Waals surface area contributed by atoms with Gasteiger partial charge in [0, 0.05) is 32.2 Å². The fraction of sp³-hybridized carbons (Fsp3) is 0.929. The lowest BCUT2D eigenvalue weighted by atomic mass is 10.1. The number of amides is 1. The summed E-state index contributed by atoms with van der Waals surface area (Å²) in [5, 5.41) is 0. The van der Waals surface area contributed by atoms with Gasteiger partial charge in [0.25, 0.3) is 0 Å². The molecule has 0 aromatic carbocycles. The molecule has 1 saturated carbocycles. The molecule has 1 saturated heterocycles. The normalized spacial score (nSPS) is 23.2. The minimum Gasteiger partial charge on any atom is -0.446 e. The van der Waals surface area contributed by atoms with E-state index in [9.17, 15) is 4.79 Å². The highest BCUT2D eigenvalue weighted by Gasteiger charge is 2.32. The van der Waals surface area contributed by atoms with Crippen molar-refractivity contribution in [2.24, 2.45) is 5.92 Å². The van der Waals surface area contributed by atoms with Crippen molar-refractivity contribution in [2.45, 2.75) is 52.2 Å². The molecule has 1 atom stereocenters. The summed E-state index contributed by atoms with van der Waals surface area (Å²) >= 11 is 0. The van der Waals surface area contributed by atoms with E-state index in [-0.39, 0.29) is 12.2 Å². The highest BCUT2D eigenvalue weighted by Crippen LogP contribution is 2.27. The number of hydrogen-bond donors (Lipinski definition) is 0. The first-order valence-corrected chi connectivity index (χ1v) is 7.26. The van der Waals surface area contributed by atoms with Crippen molar-refractivity contribution in [3.8, 4) is 0 Å². The quantitative estimate of drug-likeness (QED) is 0.772. The zero-order valence-corrected chi connectivity index (χ0v) is 11.9. The van der Waals surface area contributed by atoms with Gasteiger partial charge >= 0.3 is 6.09 Å². The first-order chi connectivity index (χ1) is 8.56. The predicted octanol–water partition coefficient (Wildman–Crippen LogP) is 2.34. The number of rotatable bonds is 4. The lowest BCUT2D eigenvalue weighted by molar-refractivity contribution is 0.0443. The van der Waals surface area contributed by atoms with E-state index in [0.717, 1.165) is 38.6 Å². The molecule has 0 N–H and O–H groups in total. The number of nitrogens with zero attached hydrogens (tertiary/aromatic N) is 2. The Hall–Kier alpha value is -0.770. The van der Waals surface area contributed by atoms with Crippen LogP contribution in [0.2, 0.25) is 0 Å². The van der Waals surface area contributed by atoms with Gasteiger partial charge < -0.3 is 9.64 Å². The third-order valence-electron chi connectivity index (χ3n) is 3.74. The van der Waals surface area contributed by atoms with E-state index >= 15 is 0 Å². The largest absolute Gasteiger partial charge is 0.446 e. The van der Waals surface area contributed by atoms with Crippen LogP contribution in [0.4, 0.5) is 4.79 Å². The van der Waals surface area contributed by atoms with Gasteiger partial charge in [0.05, 0.1) is 0 Å². The lowest BCUT2D eigenvalue weighted by Gasteiger charge is -2.34. The lowest BCUT2D eigenvalue weighted by Crippen LogP contribution is -2.49. The summed E-state index contributed by atoms with van der Waals surface area (Å²) in [6.45, 7) is 9.96. The van der Waals surface area contributed by atoms with Crippen LogP contribution < -0.4 is 0 Å².